The summed E-state index contributed by atoms with van der Waals surface area (Å²) in [4.78, 5) is 11.0. The summed E-state index contributed by atoms with van der Waals surface area (Å²) in [7, 11) is 0. The van der Waals surface area contributed by atoms with Crippen LogP contribution in [0.2, 0.25) is 0 Å². The Morgan fingerprint density at radius 3 is 2.33 bits per heavy atom. The molecule has 0 aromatic rings. The van der Waals surface area contributed by atoms with Gasteiger partial charge >= 0.3 is 0 Å². The summed E-state index contributed by atoms with van der Waals surface area (Å²) in [5, 5.41) is 0. The molecule has 4 bridgehead atoms. The number of carbonyl (C=O) groups is 1. The molecule has 0 aliphatic heterocycles. The first-order valence-electron chi connectivity index (χ1n) is 9.36. The molecule has 120 valence electrons. The lowest BCUT2D eigenvalue weighted by Gasteiger charge is -2.60. The summed E-state index contributed by atoms with van der Waals surface area (Å²) in [6.45, 7) is 3.01. The molecular formula is C19H32O2. The number of unbranched alkanes of at least 4 members (excludes halogenated alkanes) is 5. The van der Waals surface area contributed by atoms with Crippen molar-refractivity contribution < 1.29 is 9.53 Å². The van der Waals surface area contributed by atoms with Gasteiger partial charge in [0.1, 0.15) is 6.10 Å². The summed E-state index contributed by atoms with van der Waals surface area (Å²) < 4.78 is 5.64. The molecule has 2 nitrogen and oxygen atoms in total. The Kier molecular flexibility index (Phi) is 4.91. The predicted molar refractivity (Wildman–Crippen MR) is 84.9 cm³/mol. The molecule has 0 heterocycles. The van der Waals surface area contributed by atoms with Gasteiger partial charge in [0, 0.05) is 5.41 Å². The second-order valence-corrected chi connectivity index (χ2v) is 8.14. The Morgan fingerprint density at radius 2 is 1.67 bits per heavy atom. The molecule has 4 saturated carbocycles. The van der Waals surface area contributed by atoms with E-state index in [-0.39, 0.29) is 6.10 Å². The number of carbonyl (C=O) groups excluding carboxylic acids is 1. The second kappa shape index (κ2) is 6.71. The quantitative estimate of drug-likeness (QED) is 0.436. The van der Waals surface area contributed by atoms with Crippen molar-refractivity contribution in [3.63, 3.8) is 0 Å². The van der Waals surface area contributed by atoms with Gasteiger partial charge in [-0.05, 0) is 56.3 Å². The third kappa shape index (κ3) is 3.14. The fourth-order valence-electron chi connectivity index (χ4n) is 6.08. The smallest absolute Gasteiger partial charge is 0.293 e. The Balaban J connectivity index is 1.56. The summed E-state index contributed by atoms with van der Waals surface area (Å²) >= 11 is 0. The lowest BCUT2D eigenvalue weighted by Crippen LogP contribution is -2.56. The van der Waals surface area contributed by atoms with E-state index < -0.39 is 0 Å². The second-order valence-electron chi connectivity index (χ2n) is 8.14. The van der Waals surface area contributed by atoms with E-state index in [1.807, 2.05) is 0 Å². The highest BCUT2D eigenvalue weighted by Crippen LogP contribution is 2.62. The van der Waals surface area contributed by atoms with Crippen molar-refractivity contribution >= 4 is 6.47 Å². The zero-order valence-corrected chi connectivity index (χ0v) is 13.7. The standard InChI is InChI=1S/C19H32O2/c1-2-3-4-5-6-7-8-19-12-15-9-16(13-19)11-17(10-15)18(19)21-14-20/h14-18H,2-13H2,1H3/t15-,16+,17?,18?,19?. The molecule has 21 heavy (non-hydrogen) atoms. The normalized spacial score (nSPS) is 40.4. The van der Waals surface area contributed by atoms with Gasteiger partial charge in [-0.15, -0.1) is 0 Å². The van der Waals surface area contributed by atoms with E-state index >= 15 is 0 Å². The van der Waals surface area contributed by atoms with Crippen molar-refractivity contribution in [3.8, 4) is 0 Å². The maximum absolute atomic E-state index is 11.0. The molecule has 0 aromatic carbocycles. The largest absolute Gasteiger partial charge is 0.464 e. The third-order valence-corrected chi connectivity index (χ3v) is 6.59. The Bertz CT molecular complexity index is 337. The molecule has 0 spiro atoms. The molecular weight excluding hydrogens is 260 g/mol. The van der Waals surface area contributed by atoms with Gasteiger partial charge in [0.2, 0.25) is 0 Å². The molecule has 3 unspecified atom stereocenters. The van der Waals surface area contributed by atoms with E-state index in [2.05, 4.69) is 6.92 Å². The Labute approximate surface area is 130 Å². The first-order valence-corrected chi connectivity index (χ1v) is 9.36. The van der Waals surface area contributed by atoms with E-state index in [1.54, 1.807) is 0 Å². The Hall–Kier alpha value is -0.530. The van der Waals surface area contributed by atoms with E-state index in [9.17, 15) is 4.79 Å². The summed E-state index contributed by atoms with van der Waals surface area (Å²) in [6, 6.07) is 0. The fraction of sp³-hybridized carbons (Fsp3) is 0.947. The van der Waals surface area contributed by atoms with Crippen LogP contribution >= 0.6 is 0 Å². The minimum absolute atomic E-state index is 0.249. The van der Waals surface area contributed by atoms with E-state index in [0.717, 1.165) is 18.3 Å². The third-order valence-electron chi connectivity index (χ3n) is 6.59. The Morgan fingerprint density at radius 1 is 1.00 bits per heavy atom. The van der Waals surface area contributed by atoms with Crippen LogP contribution in [0.1, 0.15) is 84.0 Å². The monoisotopic (exact) mass is 292 g/mol. The molecule has 0 aromatic heterocycles. The van der Waals surface area contributed by atoms with Crippen molar-refractivity contribution in [3.05, 3.63) is 0 Å². The van der Waals surface area contributed by atoms with Gasteiger partial charge in [-0.1, -0.05) is 45.4 Å². The molecule has 4 aliphatic carbocycles. The van der Waals surface area contributed by atoms with Crippen LogP contribution < -0.4 is 0 Å². The highest BCUT2D eigenvalue weighted by Gasteiger charge is 2.57. The van der Waals surface area contributed by atoms with Crippen LogP contribution in [0.4, 0.5) is 0 Å². The zero-order valence-electron chi connectivity index (χ0n) is 13.7. The summed E-state index contributed by atoms with van der Waals surface area (Å²) in [6.07, 6.45) is 16.6. The van der Waals surface area contributed by atoms with Crippen LogP contribution in [0, 0.1) is 23.2 Å². The van der Waals surface area contributed by atoms with Gasteiger partial charge in [-0.25, -0.2) is 0 Å². The number of rotatable bonds is 9. The predicted octanol–water partition coefficient (Wildman–Crippen LogP) is 5.10. The molecule has 2 heteroatoms. The molecule has 4 rings (SSSR count). The first kappa shape index (κ1) is 15.4. The lowest BCUT2D eigenvalue weighted by atomic mass is 9.47. The molecule has 0 saturated heterocycles. The number of ether oxygens (including phenoxy) is 1. The van der Waals surface area contributed by atoms with Crippen LogP contribution in [0.3, 0.4) is 0 Å². The lowest BCUT2D eigenvalue weighted by molar-refractivity contribution is -0.184. The van der Waals surface area contributed by atoms with Crippen LogP contribution in [0.15, 0.2) is 0 Å². The first-order chi connectivity index (χ1) is 10.3. The van der Waals surface area contributed by atoms with Crippen molar-refractivity contribution in [2.45, 2.75) is 90.1 Å². The molecule has 0 amide bonds. The van der Waals surface area contributed by atoms with Crippen molar-refractivity contribution in [2.75, 3.05) is 0 Å². The highest BCUT2D eigenvalue weighted by molar-refractivity contribution is 5.38. The average molecular weight is 292 g/mol. The van der Waals surface area contributed by atoms with Gasteiger partial charge in [-0.2, -0.15) is 0 Å². The zero-order chi connectivity index (χ0) is 14.7. The fourth-order valence-corrected chi connectivity index (χ4v) is 6.08. The maximum Gasteiger partial charge on any atom is 0.293 e. The summed E-state index contributed by atoms with van der Waals surface area (Å²) in [5.41, 5.74) is 0.362. The maximum atomic E-state index is 11.0. The van der Waals surface area contributed by atoms with Crippen molar-refractivity contribution in [2.24, 2.45) is 23.2 Å². The average Bonchev–Trinajstić information content (AvgIpc) is 2.46. The van der Waals surface area contributed by atoms with Gasteiger partial charge in [0.05, 0.1) is 0 Å². The highest BCUT2D eigenvalue weighted by atomic mass is 16.5. The van der Waals surface area contributed by atoms with Crippen LogP contribution in [0.5, 0.6) is 0 Å². The SMILES string of the molecule is CCCCCCCCC12C[C@@H]3CC(C[C@@H](C3)C1)C2OC=O. The van der Waals surface area contributed by atoms with Crippen molar-refractivity contribution in [1.29, 1.82) is 0 Å². The minimum Gasteiger partial charge on any atom is -0.464 e. The van der Waals surface area contributed by atoms with E-state index in [4.69, 9.17) is 4.74 Å². The van der Waals surface area contributed by atoms with Crippen molar-refractivity contribution in [1.82, 2.24) is 0 Å². The molecule has 0 radical (unpaired) electrons. The molecule has 5 atom stereocenters. The van der Waals surface area contributed by atoms with Gasteiger partial charge in [0.15, 0.2) is 0 Å². The topological polar surface area (TPSA) is 26.3 Å². The van der Waals surface area contributed by atoms with Gasteiger partial charge < -0.3 is 4.74 Å². The van der Waals surface area contributed by atoms with E-state index in [1.165, 1.54) is 77.0 Å². The van der Waals surface area contributed by atoms with Crippen LogP contribution in [0.25, 0.3) is 0 Å². The van der Waals surface area contributed by atoms with Gasteiger partial charge in [-0.3, -0.25) is 4.79 Å². The molecule has 4 aliphatic rings. The van der Waals surface area contributed by atoms with Crippen LogP contribution in [-0.2, 0) is 9.53 Å². The van der Waals surface area contributed by atoms with Gasteiger partial charge in [0.25, 0.3) is 6.47 Å². The number of hydrogen-bond acceptors (Lipinski definition) is 2. The van der Waals surface area contributed by atoms with E-state index in [0.29, 0.717) is 11.3 Å². The summed E-state index contributed by atoms with van der Waals surface area (Å²) in [5.74, 6) is 2.56. The molecule has 4 fully saturated rings. The number of hydrogen-bond donors (Lipinski definition) is 0. The minimum atomic E-state index is 0.249. The van der Waals surface area contributed by atoms with Crippen LogP contribution in [-0.4, -0.2) is 12.6 Å². The molecule has 0 N–H and O–H groups in total.